The minimum absolute atomic E-state index is 0.843. The molecule has 5 heteroatoms. The molecule has 2 N–H and O–H groups in total. The molecule has 0 spiro atoms. The van der Waals surface area contributed by atoms with Crippen molar-refractivity contribution in [2.45, 2.75) is 0 Å². The molecule has 19 heavy (non-hydrogen) atoms. The molecule has 1 aliphatic rings. The van der Waals surface area contributed by atoms with Crippen molar-refractivity contribution >= 4 is 17.2 Å². The van der Waals surface area contributed by atoms with Gasteiger partial charge < -0.3 is 15.5 Å². The SMILES string of the molecule is Nc1ccccc1N1CCN(c2cnccn2)CC1. The summed E-state index contributed by atoms with van der Waals surface area (Å²) in [6.07, 6.45) is 5.24. The van der Waals surface area contributed by atoms with Gasteiger partial charge in [0.15, 0.2) is 0 Å². The van der Waals surface area contributed by atoms with Crippen LogP contribution < -0.4 is 15.5 Å². The Kier molecular flexibility index (Phi) is 3.18. The van der Waals surface area contributed by atoms with Crippen molar-refractivity contribution in [2.24, 2.45) is 0 Å². The summed E-state index contributed by atoms with van der Waals surface area (Å²) in [5, 5.41) is 0. The quantitative estimate of drug-likeness (QED) is 0.822. The molecule has 1 saturated heterocycles. The van der Waals surface area contributed by atoms with Gasteiger partial charge in [-0.25, -0.2) is 4.98 Å². The van der Waals surface area contributed by atoms with Gasteiger partial charge in [-0.05, 0) is 12.1 Å². The van der Waals surface area contributed by atoms with E-state index in [0.29, 0.717) is 0 Å². The largest absolute Gasteiger partial charge is 0.397 e. The molecule has 5 nitrogen and oxygen atoms in total. The molecule has 0 bridgehead atoms. The lowest BCUT2D eigenvalue weighted by molar-refractivity contribution is 0.647. The highest BCUT2D eigenvalue weighted by Crippen LogP contribution is 2.24. The Morgan fingerprint density at radius 3 is 2.37 bits per heavy atom. The molecule has 1 aliphatic heterocycles. The van der Waals surface area contributed by atoms with E-state index in [0.717, 1.165) is 43.4 Å². The zero-order valence-corrected chi connectivity index (χ0v) is 10.7. The highest BCUT2D eigenvalue weighted by molar-refractivity contribution is 5.67. The number of nitrogen functional groups attached to an aromatic ring is 1. The van der Waals surface area contributed by atoms with E-state index in [9.17, 15) is 0 Å². The Labute approximate surface area is 112 Å². The molecule has 0 unspecified atom stereocenters. The molecule has 0 saturated carbocycles. The molecule has 1 aromatic heterocycles. The molecule has 0 atom stereocenters. The van der Waals surface area contributed by atoms with Gasteiger partial charge in [0.1, 0.15) is 5.82 Å². The van der Waals surface area contributed by atoms with E-state index in [-0.39, 0.29) is 0 Å². The number of nitrogens with zero attached hydrogens (tertiary/aromatic N) is 4. The first kappa shape index (κ1) is 11.8. The Bertz CT molecular complexity index is 535. The molecule has 2 aromatic rings. The molecule has 0 amide bonds. The van der Waals surface area contributed by atoms with Gasteiger partial charge in [-0.3, -0.25) is 4.98 Å². The fourth-order valence-corrected chi connectivity index (χ4v) is 2.41. The van der Waals surface area contributed by atoms with Crippen molar-refractivity contribution in [2.75, 3.05) is 41.7 Å². The molecular weight excluding hydrogens is 238 g/mol. The molecule has 0 radical (unpaired) electrons. The van der Waals surface area contributed by atoms with E-state index < -0.39 is 0 Å². The van der Waals surface area contributed by atoms with Crippen molar-refractivity contribution in [3.8, 4) is 0 Å². The number of hydrogen-bond acceptors (Lipinski definition) is 5. The molecule has 2 heterocycles. The van der Waals surface area contributed by atoms with Gasteiger partial charge in [-0.15, -0.1) is 0 Å². The Balaban J connectivity index is 1.69. The second-order valence-electron chi connectivity index (χ2n) is 4.60. The monoisotopic (exact) mass is 255 g/mol. The maximum Gasteiger partial charge on any atom is 0.147 e. The normalized spacial score (nSPS) is 15.6. The summed E-state index contributed by atoms with van der Waals surface area (Å²) in [5.74, 6) is 0.947. The first-order valence-corrected chi connectivity index (χ1v) is 6.45. The van der Waals surface area contributed by atoms with E-state index >= 15 is 0 Å². The summed E-state index contributed by atoms with van der Waals surface area (Å²) < 4.78 is 0. The standard InChI is InChI=1S/C14H17N5/c15-12-3-1-2-4-13(12)18-7-9-19(10-8-18)14-11-16-5-6-17-14/h1-6,11H,7-10,15H2. The third-order valence-electron chi connectivity index (χ3n) is 3.43. The van der Waals surface area contributed by atoms with E-state index in [1.165, 1.54) is 0 Å². The van der Waals surface area contributed by atoms with Crippen LogP contribution in [0.25, 0.3) is 0 Å². The van der Waals surface area contributed by atoms with Gasteiger partial charge in [-0.2, -0.15) is 0 Å². The van der Waals surface area contributed by atoms with Gasteiger partial charge in [0.25, 0.3) is 0 Å². The van der Waals surface area contributed by atoms with Crippen LogP contribution in [-0.4, -0.2) is 36.1 Å². The number of aromatic nitrogens is 2. The maximum atomic E-state index is 6.02. The zero-order valence-electron chi connectivity index (χ0n) is 10.7. The van der Waals surface area contributed by atoms with Crippen LogP contribution in [0.15, 0.2) is 42.9 Å². The van der Waals surface area contributed by atoms with Crippen LogP contribution >= 0.6 is 0 Å². The summed E-state index contributed by atoms with van der Waals surface area (Å²) in [6.45, 7) is 3.77. The number of benzene rings is 1. The van der Waals surface area contributed by atoms with Crippen LogP contribution in [0.3, 0.4) is 0 Å². The van der Waals surface area contributed by atoms with Crippen LogP contribution in [0.1, 0.15) is 0 Å². The Hall–Kier alpha value is -2.30. The van der Waals surface area contributed by atoms with Crippen molar-refractivity contribution in [3.05, 3.63) is 42.9 Å². The second kappa shape index (κ2) is 5.14. The van der Waals surface area contributed by atoms with Crippen LogP contribution in [0.4, 0.5) is 17.2 Å². The minimum Gasteiger partial charge on any atom is -0.397 e. The Morgan fingerprint density at radius 2 is 1.68 bits per heavy atom. The summed E-state index contributed by atoms with van der Waals surface area (Å²) >= 11 is 0. The van der Waals surface area contributed by atoms with E-state index in [4.69, 9.17) is 5.73 Å². The molecular formula is C14H17N5. The number of para-hydroxylation sites is 2. The maximum absolute atomic E-state index is 6.02. The Morgan fingerprint density at radius 1 is 0.947 bits per heavy atom. The lowest BCUT2D eigenvalue weighted by Gasteiger charge is -2.37. The summed E-state index contributed by atoms with van der Waals surface area (Å²) in [6, 6.07) is 8.02. The zero-order chi connectivity index (χ0) is 13.1. The van der Waals surface area contributed by atoms with Gasteiger partial charge in [0, 0.05) is 38.6 Å². The fourth-order valence-electron chi connectivity index (χ4n) is 2.41. The fraction of sp³-hybridized carbons (Fsp3) is 0.286. The summed E-state index contributed by atoms with van der Waals surface area (Å²) in [4.78, 5) is 13.0. The van der Waals surface area contributed by atoms with Crippen LogP contribution in [0.2, 0.25) is 0 Å². The van der Waals surface area contributed by atoms with Gasteiger partial charge in [-0.1, -0.05) is 12.1 Å². The summed E-state index contributed by atoms with van der Waals surface area (Å²) in [7, 11) is 0. The number of piperazine rings is 1. The molecule has 0 aliphatic carbocycles. The number of hydrogen-bond donors (Lipinski definition) is 1. The van der Waals surface area contributed by atoms with E-state index in [1.807, 2.05) is 24.4 Å². The average Bonchev–Trinajstić information content (AvgIpc) is 2.49. The van der Waals surface area contributed by atoms with Gasteiger partial charge in [0.05, 0.1) is 17.6 Å². The van der Waals surface area contributed by atoms with Crippen molar-refractivity contribution in [1.82, 2.24) is 9.97 Å². The van der Waals surface area contributed by atoms with Crippen molar-refractivity contribution < 1.29 is 0 Å². The first-order chi connectivity index (χ1) is 9.34. The predicted octanol–water partition coefficient (Wildman–Crippen LogP) is 1.39. The highest BCUT2D eigenvalue weighted by Gasteiger charge is 2.19. The predicted molar refractivity (Wildman–Crippen MR) is 77.3 cm³/mol. The van der Waals surface area contributed by atoms with Crippen LogP contribution in [0.5, 0.6) is 0 Å². The van der Waals surface area contributed by atoms with E-state index in [2.05, 4.69) is 25.8 Å². The second-order valence-corrected chi connectivity index (χ2v) is 4.60. The highest BCUT2D eigenvalue weighted by atomic mass is 15.3. The molecule has 1 fully saturated rings. The van der Waals surface area contributed by atoms with E-state index in [1.54, 1.807) is 12.4 Å². The average molecular weight is 255 g/mol. The third-order valence-corrected chi connectivity index (χ3v) is 3.43. The lowest BCUT2D eigenvalue weighted by Crippen LogP contribution is -2.47. The van der Waals surface area contributed by atoms with Gasteiger partial charge >= 0.3 is 0 Å². The van der Waals surface area contributed by atoms with Crippen molar-refractivity contribution in [3.63, 3.8) is 0 Å². The molecule has 98 valence electrons. The lowest BCUT2D eigenvalue weighted by atomic mass is 10.2. The molecule has 1 aromatic carbocycles. The smallest absolute Gasteiger partial charge is 0.147 e. The van der Waals surface area contributed by atoms with Crippen LogP contribution in [-0.2, 0) is 0 Å². The number of nitrogens with two attached hydrogens (primary N) is 1. The van der Waals surface area contributed by atoms with Gasteiger partial charge in [0.2, 0.25) is 0 Å². The molecule has 3 rings (SSSR count). The number of anilines is 3. The number of rotatable bonds is 2. The first-order valence-electron chi connectivity index (χ1n) is 6.45. The van der Waals surface area contributed by atoms with Crippen LogP contribution in [0, 0.1) is 0 Å². The topological polar surface area (TPSA) is 58.3 Å². The third kappa shape index (κ3) is 2.45. The minimum atomic E-state index is 0.843. The summed E-state index contributed by atoms with van der Waals surface area (Å²) in [5.41, 5.74) is 7.99. The van der Waals surface area contributed by atoms with Crippen molar-refractivity contribution in [1.29, 1.82) is 0 Å².